The van der Waals surface area contributed by atoms with Crippen LogP contribution in [0.5, 0.6) is 0 Å². The molecule has 1 saturated carbocycles. The number of carbonyl (C=O) groups is 4. The van der Waals surface area contributed by atoms with Gasteiger partial charge in [0.05, 0.1) is 49.2 Å². The molecular weight excluding hydrogens is 792 g/mol. The Kier molecular flexibility index (Phi) is 10.9. The minimum Gasteiger partial charge on any atom is -0.453 e. The SMILES string of the molecule is COC(=O)NC(C(=O)N1[C@@H]2CC[C@@H](C2)[C@H]1c1ncc(-c2ccc(-c3ccc4c(ccc5nc([C@@H]6CCCN6C(=O)[C@H](NC(=O)OC)c6ccccc6)[nH]c54)c3)cc2F)[nH]1)C(C)C. The number of aromatic amines is 2. The van der Waals surface area contributed by atoms with Gasteiger partial charge in [0, 0.05) is 23.5 Å². The summed E-state index contributed by atoms with van der Waals surface area (Å²) in [6, 6.07) is 21.9. The molecule has 4 amide bonds. The van der Waals surface area contributed by atoms with Gasteiger partial charge in [-0.1, -0.05) is 68.4 Å². The third kappa shape index (κ3) is 7.38. The quantitative estimate of drug-likeness (QED) is 0.107. The van der Waals surface area contributed by atoms with Crippen molar-refractivity contribution in [3.63, 3.8) is 0 Å². The van der Waals surface area contributed by atoms with Crippen molar-refractivity contribution in [1.82, 2.24) is 40.4 Å². The number of halogens is 1. The van der Waals surface area contributed by atoms with Crippen molar-refractivity contribution in [1.29, 1.82) is 0 Å². The number of benzene rings is 4. The van der Waals surface area contributed by atoms with Crippen LogP contribution in [-0.4, -0.2) is 86.6 Å². The Morgan fingerprint density at radius 2 is 1.60 bits per heavy atom. The molecule has 2 aliphatic heterocycles. The van der Waals surface area contributed by atoms with E-state index in [1.807, 2.05) is 73.3 Å². The van der Waals surface area contributed by atoms with Crippen LogP contribution in [0.4, 0.5) is 14.0 Å². The fourth-order valence-electron chi connectivity index (χ4n) is 9.81. The number of aromatic nitrogens is 4. The second-order valence-electron chi connectivity index (χ2n) is 16.8. The Hall–Kier alpha value is -6.77. The molecule has 14 nitrogen and oxygen atoms in total. The first-order chi connectivity index (χ1) is 30.0. The molecule has 2 bridgehead atoms. The fourth-order valence-corrected chi connectivity index (χ4v) is 9.81. The van der Waals surface area contributed by atoms with Gasteiger partial charge in [0.2, 0.25) is 5.91 Å². The highest BCUT2D eigenvalue weighted by molar-refractivity contribution is 6.05. The number of imidazole rings is 2. The van der Waals surface area contributed by atoms with Crippen LogP contribution in [0, 0.1) is 17.7 Å². The van der Waals surface area contributed by atoms with Crippen molar-refractivity contribution in [2.45, 2.75) is 76.2 Å². The van der Waals surface area contributed by atoms with Gasteiger partial charge < -0.3 is 39.9 Å². The van der Waals surface area contributed by atoms with E-state index in [-0.39, 0.29) is 41.8 Å². The van der Waals surface area contributed by atoms with Gasteiger partial charge in [-0.2, -0.15) is 0 Å². The molecule has 62 heavy (non-hydrogen) atoms. The average molecular weight is 841 g/mol. The van der Waals surface area contributed by atoms with E-state index in [0.717, 1.165) is 53.1 Å². The van der Waals surface area contributed by atoms with Gasteiger partial charge >= 0.3 is 12.2 Å². The molecule has 1 aliphatic carbocycles. The largest absolute Gasteiger partial charge is 0.453 e. The Balaban J connectivity index is 0.945. The second kappa shape index (κ2) is 16.6. The maximum atomic E-state index is 16.1. The first-order valence-corrected chi connectivity index (χ1v) is 21.2. The van der Waals surface area contributed by atoms with Crippen LogP contribution in [0.2, 0.25) is 0 Å². The lowest BCUT2D eigenvalue weighted by molar-refractivity contribution is -0.139. The van der Waals surface area contributed by atoms with E-state index in [1.54, 1.807) is 29.3 Å². The highest BCUT2D eigenvalue weighted by Gasteiger charge is 2.51. The fraction of sp³-hybridized carbons (Fsp3) is 0.362. The summed E-state index contributed by atoms with van der Waals surface area (Å²) in [5.74, 6) is 0.496. The number of hydrogen-bond acceptors (Lipinski definition) is 8. The van der Waals surface area contributed by atoms with Gasteiger partial charge in [-0.15, -0.1) is 0 Å². The molecule has 4 aromatic carbocycles. The number of piperidine rings is 1. The standard InChI is InChI=1S/C47H49FN8O6/c1-25(2)38(53-46(59)61-3)45(58)56-31-16-12-30(22-31)41(56)43-49-24-36(51-43)33-18-14-28(23-34(33)48)27-13-17-32-29(21-27)15-19-35-40(32)52-42(50-35)37-11-8-20-55(37)44(57)39(54-47(60)62-4)26-9-6-5-7-10-26/h5-7,9-10,13-15,17-19,21,23-25,30-31,37-39,41H,8,11-12,16,20,22H2,1-4H3,(H,49,51)(H,50,52)(H,53,59)(H,54,60)/t30-,31+,37-,38?,39+,41-/m0/s1. The summed E-state index contributed by atoms with van der Waals surface area (Å²) >= 11 is 0. The third-order valence-electron chi connectivity index (χ3n) is 12.9. The van der Waals surface area contributed by atoms with Crippen molar-refractivity contribution in [3.05, 3.63) is 108 Å². The van der Waals surface area contributed by atoms with Crippen LogP contribution in [0.15, 0.2) is 85.1 Å². The van der Waals surface area contributed by atoms with Crippen LogP contribution >= 0.6 is 0 Å². The summed E-state index contributed by atoms with van der Waals surface area (Å²) in [5.41, 5.74) is 4.67. The maximum Gasteiger partial charge on any atom is 0.407 e. The number of fused-ring (bicyclic) bond motifs is 5. The Morgan fingerprint density at radius 3 is 2.35 bits per heavy atom. The molecule has 2 saturated heterocycles. The summed E-state index contributed by atoms with van der Waals surface area (Å²) in [4.78, 5) is 72.6. The van der Waals surface area contributed by atoms with E-state index in [4.69, 9.17) is 14.5 Å². The number of H-pyrrole nitrogens is 2. The van der Waals surface area contributed by atoms with Crippen LogP contribution < -0.4 is 10.6 Å². The minimum absolute atomic E-state index is 0.0425. The number of methoxy groups -OCH3 is 2. The molecule has 3 aliphatic rings. The van der Waals surface area contributed by atoms with E-state index < -0.39 is 30.1 Å². The Labute approximate surface area is 357 Å². The number of amides is 4. The number of ether oxygens (including phenoxy) is 2. The molecule has 4 heterocycles. The van der Waals surface area contributed by atoms with E-state index in [2.05, 4.69) is 25.6 Å². The number of alkyl carbamates (subject to hydrolysis) is 2. The van der Waals surface area contributed by atoms with Crippen molar-refractivity contribution in [2.24, 2.45) is 11.8 Å². The molecule has 0 spiro atoms. The zero-order valence-corrected chi connectivity index (χ0v) is 35.0. The molecule has 1 unspecified atom stereocenters. The smallest absolute Gasteiger partial charge is 0.407 e. The summed E-state index contributed by atoms with van der Waals surface area (Å²) in [7, 11) is 2.55. The van der Waals surface area contributed by atoms with Crippen LogP contribution in [0.1, 0.15) is 81.3 Å². The number of nitrogens with zero attached hydrogens (tertiary/aromatic N) is 4. The van der Waals surface area contributed by atoms with Crippen molar-refractivity contribution >= 4 is 45.8 Å². The lowest BCUT2D eigenvalue weighted by Crippen LogP contribution is -2.54. The highest BCUT2D eigenvalue weighted by atomic mass is 19.1. The van der Waals surface area contributed by atoms with Crippen LogP contribution in [-0.2, 0) is 19.1 Å². The topological polar surface area (TPSA) is 175 Å². The average Bonchev–Trinajstić information content (AvgIpc) is 4.15. The van der Waals surface area contributed by atoms with Crippen LogP contribution in [0.3, 0.4) is 0 Å². The predicted octanol–water partition coefficient (Wildman–Crippen LogP) is 8.11. The van der Waals surface area contributed by atoms with Crippen LogP contribution in [0.25, 0.3) is 44.2 Å². The van der Waals surface area contributed by atoms with E-state index in [1.165, 1.54) is 20.3 Å². The van der Waals surface area contributed by atoms with Gasteiger partial charge in [0.1, 0.15) is 29.5 Å². The molecule has 4 N–H and O–H groups in total. The lowest BCUT2D eigenvalue weighted by Gasteiger charge is -2.37. The van der Waals surface area contributed by atoms with Gasteiger partial charge in [-0.3, -0.25) is 9.59 Å². The normalized spacial score (nSPS) is 20.5. The van der Waals surface area contributed by atoms with E-state index in [0.29, 0.717) is 47.0 Å². The molecule has 6 atom stereocenters. The number of carbonyl (C=O) groups excluding carboxylic acids is 4. The summed E-state index contributed by atoms with van der Waals surface area (Å²) in [6.07, 6.45) is 4.47. The monoisotopic (exact) mass is 840 g/mol. The van der Waals surface area contributed by atoms with E-state index in [9.17, 15) is 19.2 Å². The molecule has 2 aromatic heterocycles. The summed E-state index contributed by atoms with van der Waals surface area (Å²) in [5, 5.41) is 7.30. The Morgan fingerprint density at radius 1 is 0.839 bits per heavy atom. The first kappa shape index (κ1) is 40.6. The van der Waals surface area contributed by atoms with Gasteiger partial charge in [-0.25, -0.2) is 23.9 Å². The number of rotatable bonds is 10. The van der Waals surface area contributed by atoms with Gasteiger partial charge in [0.25, 0.3) is 5.91 Å². The minimum atomic E-state index is -0.916. The van der Waals surface area contributed by atoms with Crippen molar-refractivity contribution < 1.29 is 33.0 Å². The third-order valence-corrected chi connectivity index (χ3v) is 12.9. The Bertz CT molecular complexity index is 2680. The molecule has 6 aromatic rings. The molecular formula is C47H49FN8O6. The highest BCUT2D eigenvalue weighted by Crippen LogP contribution is 2.50. The molecule has 320 valence electrons. The van der Waals surface area contributed by atoms with Gasteiger partial charge in [0.15, 0.2) is 0 Å². The summed E-state index contributed by atoms with van der Waals surface area (Å²) in [6.45, 7) is 4.29. The maximum absolute atomic E-state index is 16.1. The number of nitrogens with one attached hydrogen (secondary N) is 4. The lowest BCUT2D eigenvalue weighted by atomic mass is 9.95. The zero-order chi connectivity index (χ0) is 43.2. The van der Waals surface area contributed by atoms with E-state index >= 15 is 4.39 Å². The summed E-state index contributed by atoms with van der Waals surface area (Å²) < 4.78 is 25.7. The van der Waals surface area contributed by atoms with Gasteiger partial charge in [-0.05, 0) is 90.3 Å². The molecule has 0 radical (unpaired) electrons. The zero-order valence-electron chi connectivity index (χ0n) is 35.0. The number of hydrogen-bond donors (Lipinski definition) is 4. The first-order valence-electron chi connectivity index (χ1n) is 21.2. The second-order valence-corrected chi connectivity index (χ2v) is 16.8. The molecule has 15 heteroatoms. The molecule has 3 fully saturated rings. The van der Waals surface area contributed by atoms with Crippen molar-refractivity contribution in [2.75, 3.05) is 20.8 Å². The predicted molar refractivity (Wildman–Crippen MR) is 230 cm³/mol. The molecule has 9 rings (SSSR count). The van der Waals surface area contributed by atoms with Crippen molar-refractivity contribution in [3.8, 4) is 22.4 Å². The number of likely N-dealkylation sites (tertiary alicyclic amines) is 2.